The third-order valence-corrected chi connectivity index (χ3v) is 2.15. The lowest BCUT2D eigenvalue weighted by molar-refractivity contribution is 1.19. The Morgan fingerprint density at radius 2 is 2.09 bits per heavy atom. The van der Waals surface area contributed by atoms with Crippen molar-refractivity contribution in [2.24, 2.45) is 0 Å². The van der Waals surface area contributed by atoms with Crippen molar-refractivity contribution in [1.82, 2.24) is 9.38 Å². The maximum atomic E-state index is 5.76. The van der Waals surface area contributed by atoms with Crippen molar-refractivity contribution in [1.29, 1.82) is 0 Å². The maximum Gasteiger partial charge on any atom is 0.138 e. The minimum absolute atomic E-state index is 0.533. The fourth-order valence-corrected chi connectivity index (χ4v) is 1.22. The fourth-order valence-electron chi connectivity index (χ4n) is 0.912. The van der Waals surface area contributed by atoms with E-state index in [4.69, 9.17) is 23.2 Å². The molecule has 2 aromatic heterocycles. The van der Waals surface area contributed by atoms with Crippen molar-refractivity contribution in [3.05, 3.63) is 34.7 Å². The van der Waals surface area contributed by atoms with E-state index in [-0.39, 0.29) is 0 Å². The van der Waals surface area contributed by atoms with Crippen LogP contribution >= 0.6 is 23.2 Å². The van der Waals surface area contributed by atoms with Crippen LogP contribution in [0.15, 0.2) is 24.7 Å². The highest BCUT2D eigenvalue weighted by Gasteiger charge is 1.99. The minimum Gasteiger partial charge on any atom is -0.306 e. The molecule has 2 aromatic rings. The second kappa shape index (κ2) is 2.40. The van der Waals surface area contributed by atoms with E-state index in [9.17, 15) is 0 Å². The number of pyridine rings is 1. The molecule has 0 saturated heterocycles. The van der Waals surface area contributed by atoms with Crippen LogP contribution in [0.25, 0.3) is 5.65 Å². The number of rotatable bonds is 0. The number of nitrogens with zero attached hydrogens (tertiary/aromatic N) is 2. The van der Waals surface area contributed by atoms with E-state index in [2.05, 4.69) is 4.98 Å². The first-order valence-corrected chi connectivity index (χ1v) is 3.81. The molecule has 0 fully saturated rings. The lowest BCUT2D eigenvalue weighted by Gasteiger charge is -1.96. The lowest BCUT2D eigenvalue weighted by atomic mass is 10.5. The largest absolute Gasteiger partial charge is 0.306 e. The van der Waals surface area contributed by atoms with Crippen LogP contribution in [0.3, 0.4) is 0 Å². The molecule has 0 radical (unpaired) electrons. The minimum atomic E-state index is 0.533. The first-order chi connectivity index (χ1) is 5.27. The topological polar surface area (TPSA) is 17.3 Å². The van der Waals surface area contributed by atoms with Gasteiger partial charge in [0.05, 0.1) is 10.0 Å². The summed E-state index contributed by atoms with van der Waals surface area (Å²) in [5.41, 5.74) is 0.805. The Bertz CT molecular complexity index is 358. The standard InChI is InChI=1S/C7H4Cl2N2/c8-5-3-7-10-1-2-11(7)4-6(5)9/h1-4H. The highest BCUT2D eigenvalue weighted by Crippen LogP contribution is 2.22. The summed E-state index contributed by atoms with van der Waals surface area (Å²) in [6.07, 6.45) is 5.24. The third-order valence-electron chi connectivity index (χ3n) is 1.44. The normalized spacial score (nSPS) is 10.7. The summed E-state index contributed by atoms with van der Waals surface area (Å²) in [5, 5.41) is 1.07. The molecule has 56 valence electrons. The predicted octanol–water partition coefficient (Wildman–Crippen LogP) is 2.64. The predicted molar refractivity (Wildman–Crippen MR) is 45.2 cm³/mol. The monoisotopic (exact) mass is 186 g/mol. The molecule has 0 aromatic carbocycles. The number of hydrogen-bond acceptors (Lipinski definition) is 1. The number of halogens is 2. The van der Waals surface area contributed by atoms with Crippen molar-refractivity contribution in [3.63, 3.8) is 0 Å². The molecule has 0 spiro atoms. The zero-order chi connectivity index (χ0) is 7.84. The van der Waals surface area contributed by atoms with Crippen LogP contribution < -0.4 is 0 Å². The average Bonchev–Trinajstić information content (AvgIpc) is 2.36. The van der Waals surface area contributed by atoms with Crippen LogP contribution in [0.2, 0.25) is 10.0 Å². The SMILES string of the molecule is Clc1cc2nccn2cc1Cl. The molecule has 0 saturated carbocycles. The number of imidazole rings is 1. The van der Waals surface area contributed by atoms with Gasteiger partial charge in [0.2, 0.25) is 0 Å². The van der Waals surface area contributed by atoms with Crippen LogP contribution in [0.1, 0.15) is 0 Å². The van der Waals surface area contributed by atoms with Gasteiger partial charge in [0.15, 0.2) is 0 Å². The molecule has 4 heteroatoms. The summed E-state index contributed by atoms with van der Waals surface area (Å²) in [7, 11) is 0. The molecule has 0 unspecified atom stereocenters. The van der Waals surface area contributed by atoms with Crippen molar-refractivity contribution >= 4 is 28.8 Å². The Balaban J connectivity index is 2.86. The molecule has 2 rings (SSSR count). The van der Waals surface area contributed by atoms with Gasteiger partial charge in [0, 0.05) is 24.7 Å². The lowest BCUT2D eigenvalue weighted by Crippen LogP contribution is -1.82. The van der Waals surface area contributed by atoms with Gasteiger partial charge in [-0.15, -0.1) is 0 Å². The molecular formula is C7H4Cl2N2. The summed E-state index contributed by atoms with van der Waals surface area (Å²) in [6.45, 7) is 0. The van der Waals surface area contributed by atoms with E-state index in [0.717, 1.165) is 5.65 Å². The Kier molecular flexibility index (Phi) is 1.51. The van der Waals surface area contributed by atoms with Crippen LogP contribution in [0, 0.1) is 0 Å². The second-order valence-electron chi connectivity index (χ2n) is 2.16. The van der Waals surface area contributed by atoms with Gasteiger partial charge < -0.3 is 4.40 Å². The van der Waals surface area contributed by atoms with Gasteiger partial charge in [-0.25, -0.2) is 4.98 Å². The molecule has 0 bridgehead atoms. The highest BCUT2D eigenvalue weighted by atomic mass is 35.5. The quantitative estimate of drug-likeness (QED) is 0.619. The average molecular weight is 187 g/mol. The van der Waals surface area contributed by atoms with Crippen LogP contribution in [-0.2, 0) is 0 Å². The highest BCUT2D eigenvalue weighted by molar-refractivity contribution is 6.42. The molecule has 2 heterocycles. The van der Waals surface area contributed by atoms with Gasteiger partial charge in [0.1, 0.15) is 5.65 Å². The number of aromatic nitrogens is 2. The van der Waals surface area contributed by atoms with Gasteiger partial charge in [-0.2, -0.15) is 0 Å². The van der Waals surface area contributed by atoms with E-state index >= 15 is 0 Å². The summed E-state index contributed by atoms with van der Waals surface area (Å²) in [4.78, 5) is 4.04. The molecule has 0 amide bonds. The summed E-state index contributed by atoms with van der Waals surface area (Å²) in [5.74, 6) is 0. The van der Waals surface area contributed by atoms with Crippen LogP contribution in [-0.4, -0.2) is 9.38 Å². The van der Waals surface area contributed by atoms with E-state index in [0.29, 0.717) is 10.0 Å². The van der Waals surface area contributed by atoms with Crippen molar-refractivity contribution in [3.8, 4) is 0 Å². The zero-order valence-corrected chi connectivity index (χ0v) is 6.97. The van der Waals surface area contributed by atoms with E-state index in [1.54, 1.807) is 18.5 Å². The van der Waals surface area contributed by atoms with Gasteiger partial charge in [-0.05, 0) is 0 Å². The fraction of sp³-hybridized carbons (Fsp3) is 0. The van der Waals surface area contributed by atoms with Crippen LogP contribution in [0.5, 0.6) is 0 Å². The zero-order valence-electron chi connectivity index (χ0n) is 5.46. The van der Waals surface area contributed by atoms with Crippen molar-refractivity contribution in [2.75, 3.05) is 0 Å². The number of fused-ring (bicyclic) bond motifs is 1. The van der Waals surface area contributed by atoms with Gasteiger partial charge in [0.25, 0.3) is 0 Å². The summed E-state index contributed by atoms with van der Waals surface area (Å²) < 4.78 is 1.81. The molecule has 0 aliphatic heterocycles. The van der Waals surface area contributed by atoms with E-state index < -0.39 is 0 Å². The van der Waals surface area contributed by atoms with Gasteiger partial charge in [-0.3, -0.25) is 0 Å². The molecule has 0 atom stereocenters. The molecule has 0 aliphatic rings. The Morgan fingerprint density at radius 3 is 2.91 bits per heavy atom. The summed E-state index contributed by atoms with van der Waals surface area (Å²) in [6, 6.07) is 1.73. The van der Waals surface area contributed by atoms with Crippen molar-refractivity contribution in [2.45, 2.75) is 0 Å². The molecule has 11 heavy (non-hydrogen) atoms. The van der Waals surface area contributed by atoms with Crippen molar-refractivity contribution < 1.29 is 0 Å². The summed E-state index contributed by atoms with van der Waals surface area (Å²) >= 11 is 11.5. The Morgan fingerprint density at radius 1 is 1.27 bits per heavy atom. The molecular weight excluding hydrogens is 183 g/mol. The maximum absolute atomic E-state index is 5.76. The second-order valence-corrected chi connectivity index (χ2v) is 2.98. The first kappa shape index (κ1) is 6.95. The van der Waals surface area contributed by atoms with Gasteiger partial charge in [-0.1, -0.05) is 23.2 Å². The van der Waals surface area contributed by atoms with E-state index in [1.807, 2.05) is 10.6 Å². The van der Waals surface area contributed by atoms with Crippen LogP contribution in [0.4, 0.5) is 0 Å². The Hall–Kier alpha value is -0.730. The first-order valence-electron chi connectivity index (χ1n) is 3.05. The van der Waals surface area contributed by atoms with E-state index in [1.165, 1.54) is 0 Å². The molecule has 2 nitrogen and oxygen atoms in total. The number of hydrogen-bond donors (Lipinski definition) is 0. The molecule has 0 N–H and O–H groups in total. The van der Waals surface area contributed by atoms with Gasteiger partial charge >= 0.3 is 0 Å². The third kappa shape index (κ3) is 1.08. The molecule has 0 aliphatic carbocycles. The smallest absolute Gasteiger partial charge is 0.138 e. The Labute approximate surface area is 73.4 Å².